The molecule has 0 spiro atoms. The van der Waals surface area contributed by atoms with Crippen molar-refractivity contribution in [1.82, 2.24) is 0 Å². The first-order chi connectivity index (χ1) is 13.2. The number of ether oxygens (including phenoxy) is 1. The highest BCUT2D eigenvalue weighted by atomic mass is 19.1. The minimum absolute atomic E-state index is 0.0819. The standard InChI is InChI=1S/C21H19F2NO4/c1-11-6-16-14(10-27-19(16)7-12(11)2)8-20(25)28-13(3)21(26)24-18-9-15(22)4-5-17(18)23/h4-7,9-10,13H,8H2,1-3H3,(H,24,26)/t13-/m1/s1. The van der Waals surface area contributed by atoms with Crippen LogP contribution in [0.4, 0.5) is 14.5 Å². The zero-order chi connectivity index (χ0) is 20.4. The summed E-state index contributed by atoms with van der Waals surface area (Å²) in [5, 5.41) is 3.01. The summed E-state index contributed by atoms with van der Waals surface area (Å²) in [4.78, 5) is 24.3. The van der Waals surface area contributed by atoms with Crippen molar-refractivity contribution in [3.05, 3.63) is 64.9 Å². The Kier molecular flexibility index (Phi) is 5.44. The van der Waals surface area contributed by atoms with E-state index in [9.17, 15) is 18.4 Å². The molecule has 1 atom stereocenters. The predicted octanol–water partition coefficient (Wildman–Crippen LogP) is 4.44. The zero-order valence-electron chi connectivity index (χ0n) is 15.6. The fraction of sp³-hybridized carbons (Fsp3) is 0.238. The van der Waals surface area contributed by atoms with Crippen LogP contribution in [-0.2, 0) is 20.7 Å². The van der Waals surface area contributed by atoms with Crippen LogP contribution < -0.4 is 5.32 Å². The number of nitrogens with one attached hydrogen (secondary N) is 1. The molecule has 0 radical (unpaired) electrons. The molecule has 3 rings (SSSR count). The van der Waals surface area contributed by atoms with Crippen LogP contribution in [0.3, 0.4) is 0 Å². The number of furan rings is 1. The molecule has 0 saturated carbocycles. The number of fused-ring (bicyclic) bond motifs is 1. The van der Waals surface area contributed by atoms with E-state index in [-0.39, 0.29) is 12.1 Å². The summed E-state index contributed by atoms with van der Waals surface area (Å²) < 4.78 is 37.4. The van der Waals surface area contributed by atoms with Crippen LogP contribution in [0.5, 0.6) is 0 Å². The number of amides is 1. The Morgan fingerprint density at radius 2 is 1.86 bits per heavy atom. The minimum atomic E-state index is -1.18. The molecular weight excluding hydrogens is 368 g/mol. The average molecular weight is 387 g/mol. The summed E-state index contributed by atoms with van der Waals surface area (Å²) in [6.45, 7) is 5.28. The van der Waals surface area contributed by atoms with Gasteiger partial charge in [0.05, 0.1) is 18.4 Å². The van der Waals surface area contributed by atoms with Crippen molar-refractivity contribution in [1.29, 1.82) is 0 Å². The predicted molar refractivity (Wildman–Crippen MR) is 99.9 cm³/mol. The number of carbonyl (C=O) groups is 2. The second-order valence-corrected chi connectivity index (χ2v) is 6.62. The van der Waals surface area contributed by atoms with Gasteiger partial charge in [-0.3, -0.25) is 9.59 Å². The molecule has 1 N–H and O–H groups in total. The summed E-state index contributed by atoms with van der Waals surface area (Å²) >= 11 is 0. The van der Waals surface area contributed by atoms with Crippen molar-refractivity contribution >= 4 is 28.5 Å². The molecule has 0 saturated heterocycles. The van der Waals surface area contributed by atoms with Gasteiger partial charge in [0.25, 0.3) is 5.91 Å². The van der Waals surface area contributed by atoms with Gasteiger partial charge in [0.15, 0.2) is 6.10 Å². The molecule has 7 heteroatoms. The normalized spacial score (nSPS) is 12.0. The first kappa shape index (κ1) is 19.5. The maximum atomic E-state index is 13.6. The van der Waals surface area contributed by atoms with E-state index >= 15 is 0 Å². The first-order valence-corrected chi connectivity index (χ1v) is 8.67. The van der Waals surface area contributed by atoms with E-state index in [1.54, 1.807) is 0 Å². The van der Waals surface area contributed by atoms with Crippen LogP contribution in [0.1, 0.15) is 23.6 Å². The van der Waals surface area contributed by atoms with Gasteiger partial charge in [-0.2, -0.15) is 0 Å². The number of carbonyl (C=O) groups excluding carboxylic acids is 2. The van der Waals surface area contributed by atoms with Gasteiger partial charge in [0.1, 0.15) is 17.2 Å². The quantitative estimate of drug-likeness (QED) is 0.657. The first-order valence-electron chi connectivity index (χ1n) is 8.67. The van der Waals surface area contributed by atoms with Crippen molar-refractivity contribution < 1.29 is 27.5 Å². The minimum Gasteiger partial charge on any atom is -0.464 e. The second-order valence-electron chi connectivity index (χ2n) is 6.62. The van der Waals surface area contributed by atoms with Gasteiger partial charge < -0.3 is 14.5 Å². The maximum Gasteiger partial charge on any atom is 0.311 e. The Hall–Kier alpha value is -3.22. The van der Waals surface area contributed by atoms with Crippen LogP contribution in [-0.4, -0.2) is 18.0 Å². The molecule has 0 unspecified atom stereocenters. The highest BCUT2D eigenvalue weighted by molar-refractivity contribution is 5.95. The molecule has 1 aromatic heterocycles. The molecule has 0 aliphatic carbocycles. The molecule has 5 nitrogen and oxygen atoms in total. The number of aryl methyl sites for hydroxylation is 2. The summed E-state index contributed by atoms with van der Waals surface area (Å²) in [7, 11) is 0. The number of hydrogen-bond donors (Lipinski definition) is 1. The monoisotopic (exact) mass is 387 g/mol. The Balaban J connectivity index is 1.65. The summed E-state index contributed by atoms with van der Waals surface area (Å²) in [6, 6.07) is 6.51. The Morgan fingerprint density at radius 3 is 2.61 bits per heavy atom. The Morgan fingerprint density at radius 1 is 1.14 bits per heavy atom. The molecular formula is C21H19F2NO4. The van der Waals surface area contributed by atoms with Gasteiger partial charge in [-0.05, 0) is 56.2 Å². The molecule has 28 heavy (non-hydrogen) atoms. The van der Waals surface area contributed by atoms with Crippen LogP contribution in [0.25, 0.3) is 11.0 Å². The largest absolute Gasteiger partial charge is 0.464 e. The van der Waals surface area contributed by atoms with E-state index in [0.29, 0.717) is 11.1 Å². The van der Waals surface area contributed by atoms with E-state index in [2.05, 4.69) is 5.32 Å². The van der Waals surface area contributed by atoms with Crippen molar-refractivity contribution in [3.63, 3.8) is 0 Å². The smallest absolute Gasteiger partial charge is 0.311 e. The molecule has 0 bridgehead atoms. The third-order valence-electron chi connectivity index (χ3n) is 4.47. The summed E-state index contributed by atoms with van der Waals surface area (Å²) in [5.41, 5.74) is 3.13. The lowest BCUT2D eigenvalue weighted by atomic mass is 10.0. The Bertz CT molecular complexity index is 1060. The van der Waals surface area contributed by atoms with E-state index in [4.69, 9.17) is 9.15 Å². The van der Waals surface area contributed by atoms with Crippen molar-refractivity contribution in [3.8, 4) is 0 Å². The third kappa shape index (κ3) is 4.19. The highest BCUT2D eigenvalue weighted by Crippen LogP contribution is 2.25. The van der Waals surface area contributed by atoms with Crippen LogP contribution in [0.15, 0.2) is 41.0 Å². The van der Waals surface area contributed by atoms with E-state index in [1.807, 2.05) is 26.0 Å². The Labute approximate surface area is 160 Å². The van der Waals surface area contributed by atoms with Gasteiger partial charge in [-0.15, -0.1) is 0 Å². The number of hydrogen-bond acceptors (Lipinski definition) is 4. The second kappa shape index (κ2) is 7.80. The lowest BCUT2D eigenvalue weighted by molar-refractivity contribution is -0.152. The highest BCUT2D eigenvalue weighted by Gasteiger charge is 2.21. The van der Waals surface area contributed by atoms with Crippen molar-refractivity contribution in [2.75, 3.05) is 5.32 Å². The molecule has 1 amide bonds. The van der Waals surface area contributed by atoms with E-state index in [1.165, 1.54) is 13.2 Å². The fourth-order valence-corrected chi connectivity index (χ4v) is 2.75. The number of anilines is 1. The number of rotatable bonds is 5. The van der Waals surface area contributed by atoms with Gasteiger partial charge in [-0.25, -0.2) is 8.78 Å². The number of esters is 1. The van der Waals surface area contributed by atoms with E-state index < -0.39 is 29.6 Å². The van der Waals surface area contributed by atoms with Gasteiger partial charge >= 0.3 is 5.97 Å². The van der Waals surface area contributed by atoms with Crippen molar-refractivity contribution in [2.45, 2.75) is 33.3 Å². The number of halogens is 2. The maximum absolute atomic E-state index is 13.6. The summed E-state index contributed by atoms with van der Waals surface area (Å²) in [5.74, 6) is -2.88. The summed E-state index contributed by atoms with van der Waals surface area (Å²) in [6.07, 6.45) is 0.219. The molecule has 2 aromatic carbocycles. The molecule has 0 fully saturated rings. The van der Waals surface area contributed by atoms with Gasteiger partial charge in [-0.1, -0.05) is 0 Å². The molecule has 1 heterocycles. The van der Waals surface area contributed by atoms with Crippen LogP contribution in [0, 0.1) is 25.5 Å². The van der Waals surface area contributed by atoms with E-state index in [0.717, 1.165) is 34.7 Å². The topological polar surface area (TPSA) is 68.5 Å². The third-order valence-corrected chi connectivity index (χ3v) is 4.47. The molecule has 146 valence electrons. The SMILES string of the molecule is Cc1cc2occ(CC(=O)O[C@H](C)C(=O)Nc3cc(F)ccc3F)c2cc1C. The molecule has 0 aliphatic heterocycles. The lowest BCUT2D eigenvalue weighted by Gasteiger charge is -2.14. The average Bonchev–Trinajstić information content (AvgIpc) is 3.00. The molecule has 0 aliphatic rings. The fourth-order valence-electron chi connectivity index (χ4n) is 2.75. The van der Waals surface area contributed by atoms with Gasteiger partial charge in [0, 0.05) is 17.0 Å². The van der Waals surface area contributed by atoms with Gasteiger partial charge in [0.2, 0.25) is 0 Å². The zero-order valence-corrected chi connectivity index (χ0v) is 15.6. The molecule has 3 aromatic rings. The lowest BCUT2D eigenvalue weighted by Crippen LogP contribution is -2.30. The number of benzene rings is 2. The van der Waals surface area contributed by atoms with Crippen LogP contribution >= 0.6 is 0 Å². The van der Waals surface area contributed by atoms with Crippen molar-refractivity contribution in [2.24, 2.45) is 0 Å². The van der Waals surface area contributed by atoms with Crippen LogP contribution in [0.2, 0.25) is 0 Å².